The Morgan fingerprint density at radius 2 is 2.04 bits per heavy atom. The third kappa shape index (κ3) is 3.24. The number of hydrogen-bond donors (Lipinski definition) is 1. The molecule has 1 aromatic heterocycles. The molecular weight excluding hydrogens is 312 g/mol. The zero-order valence-corrected chi connectivity index (χ0v) is 15.0. The van der Waals surface area contributed by atoms with E-state index in [1.165, 1.54) is 12.0 Å². The number of fused-ring (bicyclic) bond motifs is 1. The Morgan fingerprint density at radius 1 is 1.20 bits per heavy atom. The molecule has 0 radical (unpaired) electrons. The van der Waals surface area contributed by atoms with E-state index in [2.05, 4.69) is 40.3 Å². The van der Waals surface area contributed by atoms with Crippen LogP contribution < -0.4 is 0 Å². The molecule has 2 aliphatic heterocycles. The monoisotopic (exact) mass is 340 g/mol. The Morgan fingerprint density at radius 3 is 2.84 bits per heavy atom. The van der Waals surface area contributed by atoms with Crippen LogP contribution in [0.25, 0.3) is 5.69 Å². The number of aromatic nitrogens is 2. The van der Waals surface area contributed by atoms with Crippen molar-refractivity contribution in [2.24, 2.45) is 5.41 Å². The van der Waals surface area contributed by atoms with Crippen molar-refractivity contribution in [2.75, 3.05) is 33.3 Å². The first kappa shape index (κ1) is 16.8. The predicted molar refractivity (Wildman–Crippen MR) is 98.6 cm³/mol. The summed E-state index contributed by atoms with van der Waals surface area (Å²) in [5.74, 6) is 0. The zero-order valence-electron chi connectivity index (χ0n) is 15.0. The van der Waals surface area contributed by atoms with Gasteiger partial charge in [0.05, 0.1) is 18.5 Å². The quantitative estimate of drug-likeness (QED) is 0.926. The van der Waals surface area contributed by atoms with Crippen molar-refractivity contribution in [2.45, 2.75) is 31.8 Å². The highest BCUT2D eigenvalue weighted by atomic mass is 16.3. The number of rotatable bonds is 4. The summed E-state index contributed by atoms with van der Waals surface area (Å²) >= 11 is 0. The summed E-state index contributed by atoms with van der Waals surface area (Å²) in [5.41, 5.74) is 2.45. The predicted octanol–water partition coefficient (Wildman–Crippen LogP) is 2.15. The van der Waals surface area contributed by atoms with Crippen molar-refractivity contribution in [3.63, 3.8) is 0 Å². The van der Waals surface area contributed by atoms with Gasteiger partial charge in [-0.3, -0.25) is 4.90 Å². The van der Waals surface area contributed by atoms with Crippen LogP contribution in [0, 0.1) is 5.41 Å². The maximum atomic E-state index is 10.0. The molecule has 0 spiro atoms. The number of aliphatic hydroxyl groups excluding tert-OH is 1. The van der Waals surface area contributed by atoms with Gasteiger partial charge >= 0.3 is 0 Å². The van der Waals surface area contributed by atoms with Gasteiger partial charge in [0.25, 0.3) is 0 Å². The fraction of sp³-hybridized carbons (Fsp3) is 0.550. The van der Waals surface area contributed by atoms with Gasteiger partial charge in [-0.25, -0.2) is 4.68 Å². The van der Waals surface area contributed by atoms with Crippen LogP contribution in [-0.2, 0) is 6.54 Å². The van der Waals surface area contributed by atoms with Crippen LogP contribution in [0.4, 0.5) is 0 Å². The molecule has 2 aromatic rings. The summed E-state index contributed by atoms with van der Waals surface area (Å²) in [6.07, 6.45) is 7.57. The van der Waals surface area contributed by atoms with Gasteiger partial charge in [-0.2, -0.15) is 5.10 Å². The van der Waals surface area contributed by atoms with E-state index in [1.807, 2.05) is 29.1 Å². The number of benzene rings is 1. The molecule has 2 fully saturated rings. The summed E-state index contributed by atoms with van der Waals surface area (Å²) in [4.78, 5) is 4.98. The topological polar surface area (TPSA) is 44.5 Å². The van der Waals surface area contributed by atoms with Crippen LogP contribution in [0.1, 0.15) is 24.8 Å². The van der Waals surface area contributed by atoms with E-state index in [0.29, 0.717) is 12.6 Å². The van der Waals surface area contributed by atoms with Crippen LogP contribution in [0.15, 0.2) is 42.7 Å². The minimum atomic E-state index is 0.109. The summed E-state index contributed by atoms with van der Waals surface area (Å²) in [5, 5.41) is 14.6. The van der Waals surface area contributed by atoms with Crippen molar-refractivity contribution in [3.8, 4) is 5.69 Å². The van der Waals surface area contributed by atoms with E-state index in [9.17, 15) is 5.11 Å². The van der Waals surface area contributed by atoms with Crippen LogP contribution in [0.5, 0.6) is 0 Å². The molecule has 5 heteroatoms. The van der Waals surface area contributed by atoms with Gasteiger partial charge in [0.1, 0.15) is 0 Å². The largest absolute Gasteiger partial charge is 0.396 e. The van der Waals surface area contributed by atoms with E-state index in [-0.39, 0.29) is 5.41 Å². The number of aliphatic hydroxyl groups is 1. The Kier molecular flexibility index (Phi) is 4.63. The van der Waals surface area contributed by atoms with Crippen molar-refractivity contribution < 1.29 is 5.11 Å². The lowest BCUT2D eigenvalue weighted by molar-refractivity contribution is -0.0684. The van der Waals surface area contributed by atoms with Gasteiger partial charge in [0, 0.05) is 36.3 Å². The molecule has 0 bridgehead atoms. The van der Waals surface area contributed by atoms with Crippen LogP contribution in [-0.4, -0.2) is 64.0 Å². The summed E-state index contributed by atoms with van der Waals surface area (Å²) < 4.78 is 1.95. The third-order valence-electron chi connectivity index (χ3n) is 6.16. The second kappa shape index (κ2) is 6.90. The molecule has 134 valence electrons. The Hall–Kier alpha value is -1.69. The standard InChI is InChI=1S/C20H28N4O/c1-22-10-5-8-20(16-25)9-11-23(15-19(20)22)13-17-12-21-24(14-17)18-6-3-2-4-7-18/h2-4,6-7,12,14,19,25H,5,8-11,13,15-16H2,1H3/t19-,20-/m1/s1. The molecule has 3 heterocycles. The van der Waals surface area contributed by atoms with E-state index >= 15 is 0 Å². The van der Waals surface area contributed by atoms with E-state index in [4.69, 9.17) is 0 Å². The second-order valence-electron chi connectivity index (χ2n) is 7.73. The summed E-state index contributed by atoms with van der Waals surface area (Å²) in [7, 11) is 2.21. The molecule has 2 saturated heterocycles. The first-order chi connectivity index (χ1) is 12.2. The first-order valence-electron chi connectivity index (χ1n) is 9.33. The van der Waals surface area contributed by atoms with Gasteiger partial charge in [0.2, 0.25) is 0 Å². The van der Waals surface area contributed by atoms with Crippen molar-refractivity contribution >= 4 is 0 Å². The summed E-state index contributed by atoms with van der Waals surface area (Å²) in [6, 6.07) is 10.7. The molecule has 2 atom stereocenters. The summed E-state index contributed by atoms with van der Waals surface area (Å²) in [6.45, 7) is 4.49. The van der Waals surface area contributed by atoms with Crippen LogP contribution in [0.2, 0.25) is 0 Å². The number of para-hydroxylation sites is 1. The maximum absolute atomic E-state index is 10.0. The van der Waals surface area contributed by atoms with Crippen LogP contribution in [0.3, 0.4) is 0 Å². The molecule has 0 saturated carbocycles. The van der Waals surface area contributed by atoms with Gasteiger partial charge < -0.3 is 10.0 Å². The van der Waals surface area contributed by atoms with Gasteiger partial charge in [-0.15, -0.1) is 0 Å². The lowest BCUT2D eigenvalue weighted by atomic mass is 9.69. The maximum Gasteiger partial charge on any atom is 0.0645 e. The number of likely N-dealkylation sites (tertiary alicyclic amines) is 2. The fourth-order valence-electron chi connectivity index (χ4n) is 4.64. The second-order valence-corrected chi connectivity index (χ2v) is 7.73. The average molecular weight is 340 g/mol. The highest BCUT2D eigenvalue weighted by Crippen LogP contribution is 2.41. The molecule has 0 aliphatic carbocycles. The lowest BCUT2D eigenvalue weighted by Gasteiger charge is -2.53. The molecule has 5 nitrogen and oxygen atoms in total. The number of hydrogen-bond acceptors (Lipinski definition) is 4. The molecular formula is C20H28N4O. The number of nitrogens with zero attached hydrogens (tertiary/aromatic N) is 4. The van der Waals surface area contributed by atoms with Crippen molar-refractivity contribution in [1.82, 2.24) is 19.6 Å². The third-order valence-corrected chi connectivity index (χ3v) is 6.16. The molecule has 4 rings (SSSR count). The fourth-order valence-corrected chi connectivity index (χ4v) is 4.64. The highest BCUT2D eigenvalue weighted by Gasteiger charge is 2.46. The average Bonchev–Trinajstić information content (AvgIpc) is 3.12. The normalized spacial score (nSPS) is 28.0. The first-order valence-corrected chi connectivity index (χ1v) is 9.33. The van der Waals surface area contributed by atoms with Gasteiger partial charge in [-0.05, 0) is 51.5 Å². The van der Waals surface area contributed by atoms with Crippen molar-refractivity contribution in [1.29, 1.82) is 0 Å². The van der Waals surface area contributed by atoms with Gasteiger partial charge in [0.15, 0.2) is 0 Å². The SMILES string of the molecule is CN1CCC[C@]2(CO)CCN(Cc3cnn(-c4ccccc4)c3)C[C@@H]12. The molecule has 1 aromatic carbocycles. The minimum Gasteiger partial charge on any atom is -0.396 e. The van der Waals surface area contributed by atoms with E-state index in [1.54, 1.807) is 0 Å². The molecule has 0 amide bonds. The van der Waals surface area contributed by atoms with Crippen molar-refractivity contribution in [3.05, 3.63) is 48.3 Å². The van der Waals surface area contributed by atoms with E-state index < -0.39 is 0 Å². The molecule has 1 N–H and O–H groups in total. The Balaban J connectivity index is 1.45. The molecule has 2 aliphatic rings. The number of likely N-dealkylation sites (N-methyl/N-ethyl adjacent to an activating group) is 1. The zero-order chi connectivity index (χ0) is 17.3. The highest BCUT2D eigenvalue weighted by molar-refractivity contribution is 5.30. The molecule has 0 unspecified atom stereocenters. The van der Waals surface area contributed by atoms with E-state index in [0.717, 1.165) is 44.7 Å². The smallest absolute Gasteiger partial charge is 0.0645 e. The minimum absolute atomic E-state index is 0.109. The molecule has 25 heavy (non-hydrogen) atoms. The Labute approximate surface area is 149 Å². The van der Waals surface area contributed by atoms with Crippen LogP contribution >= 0.6 is 0 Å². The van der Waals surface area contributed by atoms with Gasteiger partial charge in [-0.1, -0.05) is 18.2 Å². The Bertz CT molecular complexity index is 701. The number of piperidine rings is 2. The lowest BCUT2D eigenvalue weighted by Crippen LogP contribution is -2.61.